The Morgan fingerprint density at radius 1 is 1.32 bits per heavy atom. The number of hydrogen-bond acceptors (Lipinski definition) is 2. The summed E-state index contributed by atoms with van der Waals surface area (Å²) in [5.74, 6) is 0.215. The predicted octanol–water partition coefficient (Wildman–Crippen LogP) is 3.20. The average molecular weight is 337 g/mol. The molecule has 124 valence electrons. The summed E-state index contributed by atoms with van der Waals surface area (Å²) < 4.78 is 37.5. The molecule has 1 fully saturated rings. The van der Waals surface area contributed by atoms with Crippen LogP contribution in [0.15, 0.2) is 24.3 Å². The molecule has 0 aliphatic carbocycles. The van der Waals surface area contributed by atoms with Gasteiger partial charge in [-0.1, -0.05) is 0 Å². The minimum absolute atomic E-state index is 0. The van der Waals surface area contributed by atoms with E-state index in [2.05, 4.69) is 5.32 Å². The summed E-state index contributed by atoms with van der Waals surface area (Å²) in [7, 11) is 1.87. The molecule has 2 rings (SSSR count). The molecule has 1 aromatic carbocycles. The Bertz CT molecular complexity index is 489. The lowest BCUT2D eigenvalue weighted by Gasteiger charge is -2.32. The van der Waals surface area contributed by atoms with Crippen LogP contribution in [0.5, 0.6) is 0 Å². The predicted molar refractivity (Wildman–Crippen MR) is 81.2 cm³/mol. The normalized spacial score (nSPS) is 18.7. The van der Waals surface area contributed by atoms with Crippen molar-refractivity contribution in [3.63, 3.8) is 0 Å². The second kappa shape index (κ2) is 7.83. The highest BCUT2D eigenvalue weighted by Crippen LogP contribution is 2.29. The summed E-state index contributed by atoms with van der Waals surface area (Å²) >= 11 is 0. The lowest BCUT2D eigenvalue weighted by atomic mass is 9.97. The first-order chi connectivity index (χ1) is 9.91. The minimum Gasteiger partial charge on any atom is -0.338 e. The molecule has 1 atom stereocenters. The Morgan fingerprint density at radius 3 is 2.50 bits per heavy atom. The van der Waals surface area contributed by atoms with Gasteiger partial charge < -0.3 is 10.2 Å². The zero-order valence-corrected chi connectivity index (χ0v) is 13.1. The van der Waals surface area contributed by atoms with Gasteiger partial charge in [-0.3, -0.25) is 4.79 Å². The van der Waals surface area contributed by atoms with Crippen LogP contribution < -0.4 is 5.32 Å². The number of carbonyl (C=O) groups is 1. The number of hydrogen-bond donors (Lipinski definition) is 1. The molecular formula is C15H20ClF3N2O. The van der Waals surface area contributed by atoms with Gasteiger partial charge in [-0.05, 0) is 56.6 Å². The summed E-state index contributed by atoms with van der Waals surface area (Å²) in [6, 6.07) is 4.43. The third-order valence-corrected chi connectivity index (χ3v) is 3.76. The topological polar surface area (TPSA) is 32.3 Å². The van der Waals surface area contributed by atoms with Crippen LogP contribution in [0.2, 0.25) is 0 Å². The maximum atomic E-state index is 12.5. The van der Waals surface area contributed by atoms with E-state index >= 15 is 0 Å². The van der Waals surface area contributed by atoms with Crippen molar-refractivity contribution in [1.29, 1.82) is 0 Å². The number of alkyl halides is 3. The molecule has 1 saturated heterocycles. The van der Waals surface area contributed by atoms with Crippen molar-refractivity contribution >= 4 is 18.3 Å². The minimum atomic E-state index is -4.37. The van der Waals surface area contributed by atoms with Gasteiger partial charge in [0.2, 0.25) is 0 Å². The Morgan fingerprint density at radius 2 is 1.95 bits per heavy atom. The van der Waals surface area contributed by atoms with Crippen LogP contribution in [0.4, 0.5) is 13.2 Å². The molecule has 0 saturated carbocycles. The van der Waals surface area contributed by atoms with Crippen molar-refractivity contribution in [2.75, 3.05) is 26.7 Å². The molecule has 1 amide bonds. The molecule has 7 heteroatoms. The highest BCUT2D eigenvalue weighted by molar-refractivity contribution is 5.94. The van der Waals surface area contributed by atoms with Gasteiger partial charge in [-0.15, -0.1) is 12.4 Å². The van der Waals surface area contributed by atoms with E-state index < -0.39 is 11.7 Å². The number of nitrogens with one attached hydrogen (secondary N) is 1. The highest BCUT2D eigenvalue weighted by atomic mass is 35.5. The van der Waals surface area contributed by atoms with E-state index in [1.807, 2.05) is 7.05 Å². The van der Waals surface area contributed by atoms with Gasteiger partial charge in [0, 0.05) is 18.7 Å². The molecular weight excluding hydrogens is 317 g/mol. The van der Waals surface area contributed by atoms with E-state index in [1.165, 1.54) is 12.1 Å². The zero-order chi connectivity index (χ0) is 15.5. The van der Waals surface area contributed by atoms with Crippen molar-refractivity contribution in [3.05, 3.63) is 35.4 Å². The van der Waals surface area contributed by atoms with Gasteiger partial charge in [-0.2, -0.15) is 13.2 Å². The van der Waals surface area contributed by atoms with Crippen LogP contribution >= 0.6 is 12.4 Å². The van der Waals surface area contributed by atoms with Gasteiger partial charge in [0.15, 0.2) is 0 Å². The van der Waals surface area contributed by atoms with Gasteiger partial charge >= 0.3 is 6.18 Å². The van der Waals surface area contributed by atoms with Gasteiger partial charge in [0.25, 0.3) is 5.91 Å². The second-order valence-corrected chi connectivity index (χ2v) is 5.39. The van der Waals surface area contributed by atoms with Crippen LogP contribution in [-0.4, -0.2) is 37.5 Å². The van der Waals surface area contributed by atoms with Crippen molar-refractivity contribution in [1.82, 2.24) is 10.2 Å². The summed E-state index contributed by atoms with van der Waals surface area (Å²) in [4.78, 5) is 14.1. The number of nitrogens with zero attached hydrogens (tertiary/aromatic N) is 1. The monoisotopic (exact) mass is 336 g/mol. The first-order valence-electron chi connectivity index (χ1n) is 7.03. The third kappa shape index (κ3) is 4.61. The smallest absolute Gasteiger partial charge is 0.338 e. The van der Waals surface area contributed by atoms with E-state index in [4.69, 9.17) is 0 Å². The maximum absolute atomic E-state index is 12.5. The Labute approximate surface area is 134 Å². The van der Waals surface area contributed by atoms with Crippen molar-refractivity contribution < 1.29 is 18.0 Å². The average Bonchev–Trinajstić information content (AvgIpc) is 2.46. The Hall–Kier alpha value is -1.27. The Balaban J connectivity index is 0.00000242. The van der Waals surface area contributed by atoms with E-state index in [9.17, 15) is 18.0 Å². The van der Waals surface area contributed by atoms with Crippen molar-refractivity contribution in [2.45, 2.75) is 19.0 Å². The standard InChI is InChI=1S/C15H19F3N2O.ClH/c1-19-9-11-3-2-8-20(10-11)14(21)12-4-6-13(7-5-12)15(16,17)18;/h4-7,11,19H,2-3,8-10H2,1H3;1H. The van der Waals surface area contributed by atoms with Crippen LogP contribution in [-0.2, 0) is 6.18 Å². The number of amides is 1. The fourth-order valence-corrected chi connectivity index (χ4v) is 2.69. The molecule has 1 N–H and O–H groups in total. The highest BCUT2D eigenvalue weighted by Gasteiger charge is 2.31. The molecule has 1 unspecified atom stereocenters. The zero-order valence-electron chi connectivity index (χ0n) is 12.3. The molecule has 0 aromatic heterocycles. The molecule has 1 aliphatic heterocycles. The number of halogens is 4. The summed E-state index contributed by atoms with van der Waals surface area (Å²) in [6.45, 7) is 2.16. The van der Waals surface area contributed by atoms with Crippen LogP contribution in [0.25, 0.3) is 0 Å². The fourth-order valence-electron chi connectivity index (χ4n) is 2.69. The Kier molecular flexibility index (Phi) is 6.68. The SMILES string of the molecule is CNCC1CCCN(C(=O)c2ccc(C(F)(F)F)cc2)C1.Cl. The maximum Gasteiger partial charge on any atom is 0.416 e. The van der Waals surface area contributed by atoms with E-state index in [0.717, 1.165) is 31.5 Å². The van der Waals surface area contributed by atoms with Crippen LogP contribution in [0, 0.1) is 5.92 Å². The molecule has 1 aliphatic rings. The molecule has 1 heterocycles. The molecule has 0 bridgehead atoms. The number of piperidine rings is 1. The number of rotatable bonds is 3. The van der Waals surface area contributed by atoms with Gasteiger partial charge in [-0.25, -0.2) is 0 Å². The molecule has 0 radical (unpaired) electrons. The van der Waals surface area contributed by atoms with E-state index in [1.54, 1.807) is 4.90 Å². The van der Waals surface area contributed by atoms with Crippen molar-refractivity contribution in [3.8, 4) is 0 Å². The molecule has 22 heavy (non-hydrogen) atoms. The quantitative estimate of drug-likeness (QED) is 0.919. The van der Waals surface area contributed by atoms with Gasteiger partial charge in [0.05, 0.1) is 5.56 Å². The van der Waals surface area contributed by atoms with Crippen molar-refractivity contribution in [2.24, 2.45) is 5.92 Å². The first-order valence-corrected chi connectivity index (χ1v) is 7.03. The molecule has 3 nitrogen and oxygen atoms in total. The lowest BCUT2D eigenvalue weighted by molar-refractivity contribution is -0.137. The number of likely N-dealkylation sites (tertiary alicyclic amines) is 1. The largest absolute Gasteiger partial charge is 0.416 e. The fraction of sp³-hybridized carbons (Fsp3) is 0.533. The van der Waals surface area contributed by atoms with Crippen LogP contribution in [0.3, 0.4) is 0 Å². The van der Waals surface area contributed by atoms with E-state index in [0.29, 0.717) is 24.6 Å². The molecule has 0 spiro atoms. The molecule has 1 aromatic rings. The van der Waals surface area contributed by atoms with Crippen LogP contribution in [0.1, 0.15) is 28.8 Å². The number of carbonyl (C=O) groups excluding carboxylic acids is 1. The lowest BCUT2D eigenvalue weighted by Crippen LogP contribution is -2.42. The summed E-state index contributed by atoms with van der Waals surface area (Å²) in [5.41, 5.74) is -0.418. The summed E-state index contributed by atoms with van der Waals surface area (Å²) in [5, 5.41) is 3.10. The third-order valence-electron chi connectivity index (χ3n) is 3.76. The second-order valence-electron chi connectivity index (χ2n) is 5.39. The summed E-state index contributed by atoms with van der Waals surface area (Å²) in [6.07, 6.45) is -2.37. The van der Waals surface area contributed by atoms with E-state index in [-0.39, 0.29) is 18.3 Å². The van der Waals surface area contributed by atoms with Gasteiger partial charge in [0.1, 0.15) is 0 Å². The first kappa shape index (κ1) is 18.8. The number of benzene rings is 1.